The number of nitrogens with one attached hydrogen (secondary N) is 1. The molecule has 0 aliphatic carbocycles. The van der Waals surface area contributed by atoms with Crippen LogP contribution in [0.25, 0.3) is 0 Å². The van der Waals surface area contributed by atoms with Crippen LogP contribution in [0, 0.1) is 18.3 Å². The number of halogens is 1. The van der Waals surface area contributed by atoms with Crippen molar-refractivity contribution in [2.45, 2.75) is 6.92 Å². The summed E-state index contributed by atoms with van der Waals surface area (Å²) in [7, 11) is 1.60. The first-order valence-electron chi connectivity index (χ1n) is 5.75. The van der Waals surface area contributed by atoms with Crippen molar-refractivity contribution in [3.8, 4) is 11.8 Å². The monoisotopic (exact) mass is 272 g/mol. The zero-order chi connectivity index (χ0) is 13.8. The third kappa shape index (κ3) is 2.98. The average molecular weight is 273 g/mol. The molecule has 0 saturated heterocycles. The lowest BCUT2D eigenvalue weighted by molar-refractivity contribution is 0.417. The fourth-order valence-corrected chi connectivity index (χ4v) is 1.91. The van der Waals surface area contributed by atoms with Gasteiger partial charge in [-0.25, -0.2) is 0 Å². The van der Waals surface area contributed by atoms with Crippen molar-refractivity contribution in [2.75, 3.05) is 12.4 Å². The Morgan fingerprint density at radius 2 is 2.05 bits per heavy atom. The van der Waals surface area contributed by atoms with Gasteiger partial charge in [0.05, 0.1) is 24.4 Å². The van der Waals surface area contributed by atoms with Crippen LogP contribution in [-0.2, 0) is 0 Å². The minimum Gasteiger partial charge on any atom is -0.495 e. The second-order valence-electron chi connectivity index (χ2n) is 4.12. The molecule has 0 bridgehead atoms. The lowest BCUT2D eigenvalue weighted by Gasteiger charge is -2.13. The van der Waals surface area contributed by atoms with Crippen LogP contribution in [0.3, 0.4) is 0 Å². The number of ether oxygens (including phenoxy) is 1. The van der Waals surface area contributed by atoms with Crippen LogP contribution in [0.4, 0.5) is 11.4 Å². The van der Waals surface area contributed by atoms with E-state index in [4.69, 9.17) is 21.6 Å². The standard InChI is InChI=1S/C15H13ClN2O/c1-10-6-14(15(19-2)8-13(10)16)18-12-5-3-4-11(7-12)9-17/h3-8,18H,1-2H3. The van der Waals surface area contributed by atoms with Gasteiger partial charge in [-0.3, -0.25) is 0 Å². The summed E-state index contributed by atoms with van der Waals surface area (Å²) in [4.78, 5) is 0. The third-order valence-electron chi connectivity index (χ3n) is 2.75. The molecule has 0 saturated carbocycles. The fourth-order valence-electron chi connectivity index (χ4n) is 1.75. The highest BCUT2D eigenvalue weighted by Crippen LogP contribution is 2.33. The van der Waals surface area contributed by atoms with Crippen LogP contribution < -0.4 is 10.1 Å². The summed E-state index contributed by atoms with van der Waals surface area (Å²) >= 11 is 6.06. The van der Waals surface area contributed by atoms with E-state index < -0.39 is 0 Å². The normalized spacial score (nSPS) is 9.79. The molecular formula is C15H13ClN2O. The summed E-state index contributed by atoms with van der Waals surface area (Å²) in [5.41, 5.74) is 3.22. The number of nitrogens with zero attached hydrogens (tertiary/aromatic N) is 1. The van der Waals surface area contributed by atoms with E-state index in [1.54, 1.807) is 25.3 Å². The van der Waals surface area contributed by atoms with Gasteiger partial charge < -0.3 is 10.1 Å². The number of hydrogen-bond donors (Lipinski definition) is 1. The van der Waals surface area contributed by atoms with Gasteiger partial charge in [0.15, 0.2) is 0 Å². The number of nitriles is 1. The van der Waals surface area contributed by atoms with Crippen LogP contribution in [0.1, 0.15) is 11.1 Å². The quantitative estimate of drug-likeness (QED) is 0.907. The number of benzene rings is 2. The van der Waals surface area contributed by atoms with Crippen molar-refractivity contribution in [2.24, 2.45) is 0 Å². The molecule has 4 heteroatoms. The highest BCUT2D eigenvalue weighted by atomic mass is 35.5. The molecule has 0 spiro atoms. The molecule has 2 aromatic rings. The summed E-state index contributed by atoms with van der Waals surface area (Å²) in [6.07, 6.45) is 0. The van der Waals surface area contributed by atoms with E-state index in [-0.39, 0.29) is 0 Å². The van der Waals surface area contributed by atoms with E-state index in [9.17, 15) is 0 Å². The summed E-state index contributed by atoms with van der Waals surface area (Å²) in [5.74, 6) is 0.665. The molecule has 2 aromatic carbocycles. The van der Waals surface area contributed by atoms with E-state index in [2.05, 4.69) is 11.4 Å². The molecule has 19 heavy (non-hydrogen) atoms. The van der Waals surface area contributed by atoms with E-state index >= 15 is 0 Å². The molecule has 0 aliphatic rings. The number of methoxy groups -OCH3 is 1. The van der Waals surface area contributed by atoms with Crippen molar-refractivity contribution < 1.29 is 4.74 Å². The van der Waals surface area contributed by atoms with Crippen LogP contribution in [-0.4, -0.2) is 7.11 Å². The van der Waals surface area contributed by atoms with E-state index in [1.165, 1.54) is 0 Å². The van der Waals surface area contributed by atoms with Gasteiger partial charge in [-0.15, -0.1) is 0 Å². The fraction of sp³-hybridized carbons (Fsp3) is 0.133. The Balaban J connectivity index is 2.37. The van der Waals surface area contributed by atoms with Gasteiger partial charge in [0.25, 0.3) is 0 Å². The molecular weight excluding hydrogens is 260 g/mol. The van der Waals surface area contributed by atoms with Crippen molar-refractivity contribution >= 4 is 23.0 Å². The van der Waals surface area contributed by atoms with Crippen LogP contribution in [0.5, 0.6) is 5.75 Å². The number of hydrogen-bond acceptors (Lipinski definition) is 3. The average Bonchev–Trinajstić information content (AvgIpc) is 2.43. The van der Waals surface area contributed by atoms with E-state index in [0.29, 0.717) is 16.3 Å². The number of aryl methyl sites for hydroxylation is 1. The Kier molecular flexibility index (Phi) is 3.94. The molecule has 0 unspecified atom stereocenters. The summed E-state index contributed by atoms with van der Waals surface area (Å²) in [6, 6.07) is 13.1. The van der Waals surface area contributed by atoms with Gasteiger partial charge in [0.1, 0.15) is 5.75 Å². The zero-order valence-corrected chi connectivity index (χ0v) is 11.5. The highest BCUT2D eigenvalue weighted by Gasteiger charge is 2.07. The van der Waals surface area contributed by atoms with Gasteiger partial charge in [-0.2, -0.15) is 5.26 Å². The smallest absolute Gasteiger partial charge is 0.143 e. The third-order valence-corrected chi connectivity index (χ3v) is 3.16. The van der Waals surface area contributed by atoms with Crippen molar-refractivity contribution in [3.63, 3.8) is 0 Å². The topological polar surface area (TPSA) is 45.0 Å². The molecule has 0 fully saturated rings. The lowest BCUT2D eigenvalue weighted by atomic mass is 10.1. The maximum atomic E-state index is 8.89. The Labute approximate surface area is 117 Å². The molecule has 0 aromatic heterocycles. The Hall–Kier alpha value is -2.18. The van der Waals surface area contributed by atoms with Gasteiger partial charge in [-0.1, -0.05) is 17.7 Å². The minimum absolute atomic E-state index is 0.606. The second kappa shape index (κ2) is 5.64. The summed E-state index contributed by atoms with van der Waals surface area (Å²) in [6.45, 7) is 1.93. The van der Waals surface area contributed by atoms with E-state index in [0.717, 1.165) is 16.9 Å². The number of rotatable bonds is 3. The molecule has 0 atom stereocenters. The molecule has 96 valence electrons. The Bertz CT molecular complexity index is 647. The molecule has 0 aliphatic heterocycles. The van der Waals surface area contributed by atoms with Crippen LogP contribution >= 0.6 is 11.6 Å². The van der Waals surface area contributed by atoms with Crippen molar-refractivity contribution in [1.29, 1.82) is 5.26 Å². The molecule has 0 heterocycles. The van der Waals surface area contributed by atoms with Crippen molar-refractivity contribution in [1.82, 2.24) is 0 Å². The minimum atomic E-state index is 0.606. The molecule has 1 N–H and O–H groups in total. The second-order valence-corrected chi connectivity index (χ2v) is 4.53. The maximum absolute atomic E-state index is 8.89. The Morgan fingerprint density at radius 1 is 1.26 bits per heavy atom. The molecule has 3 nitrogen and oxygen atoms in total. The lowest BCUT2D eigenvalue weighted by Crippen LogP contribution is -1.96. The van der Waals surface area contributed by atoms with Crippen LogP contribution in [0.15, 0.2) is 36.4 Å². The van der Waals surface area contributed by atoms with Gasteiger partial charge in [0, 0.05) is 16.8 Å². The van der Waals surface area contributed by atoms with Gasteiger partial charge in [-0.05, 0) is 36.8 Å². The van der Waals surface area contributed by atoms with Crippen LogP contribution in [0.2, 0.25) is 5.02 Å². The predicted octanol–water partition coefficient (Wildman–Crippen LogP) is 4.27. The first-order valence-corrected chi connectivity index (χ1v) is 6.13. The summed E-state index contributed by atoms with van der Waals surface area (Å²) in [5, 5.41) is 12.8. The number of anilines is 2. The largest absolute Gasteiger partial charge is 0.495 e. The zero-order valence-electron chi connectivity index (χ0n) is 10.7. The van der Waals surface area contributed by atoms with Gasteiger partial charge in [0.2, 0.25) is 0 Å². The van der Waals surface area contributed by atoms with Crippen molar-refractivity contribution in [3.05, 3.63) is 52.5 Å². The van der Waals surface area contributed by atoms with E-state index in [1.807, 2.05) is 25.1 Å². The molecule has 0 radical (unpaired) electrons. The molecule has 0 amide bonds. The SMILES string of the molecule is COc1cc(Cl)c(C)cc1Nc1cccc(C#N)c1. The maximum Gasteiger partial charge on any atom is 0.143 e. The van der Waals surface area contributed by atoms with Gasteiger partial charge >= 0.3 is 0 Å². The highest BCUT2D eigenvalue weighted by molar-refractivity contribution is 6.31. The predicted molar refractivity (Wildman–Crippen MR) is 77.2 cm³/mol. The Morgan fingerprint density at radius 3 is 2.74 bits per heavy atom. The first kappa shape index (κ1) is 13.3. The summed E-state index contributed by atoms with van der Waals surface area (Å²) < 4.78 is 5.30. The molecule has 2 rings (SSSR count). The first-order chi connectivity index (χ1) is 9.13.